The lowest BCUT2D eigenvalue weighted by Crippen LogP contribution is -2.31. The number of halogens is 1. The largest absolute Gasteiger partial charge is 0.340 e. The van der Waals surface area contributed by atoms with Gasteiger partial charge in [-0.15, -0.1) is 5.10 Å². The maximum atomic E-state index is 11.8. The molecule has 1 heterocycles. The van der Waals surface area contributed by atoms with Crippen LogP contribution in [0.4, 0.5) is 0 Å². The van der Waals surface area contributed by atoms with Gasteiger partial charge in [0.15, 0.2) is 0 Å². The minimum atomic E-state index is -0.556. The summed E-state index contributed by atoms with van der Waals surface area (Å²) in [6, 6.07) is 7.54. The third-order valence-corrected chi connectivity index (χ3v) is 2.88. The van der Waals surface area contributed by atoms with Crippen LogP contribution in [0.25, 0.3) is 10.9 Å². The predicted octanol–water partition coefficient (Wildman–Crippen LogP) is 2.80. The number of carbonyl (C=O) groups excluding carboxylic acids is 1. The number of aromatic nitrogens is 2. The number of hydrogen-bond acceptors (Lipinski definition) is 3. The Kier molecular flexibility index (Phi) is 2.95. The average molecular weight is 297 g/mol. The Labute approximate surface area is 108 Å². The van der Waals surface area contributed by atoms with Crippen molar-refractivity contribution in [3.05, 3.63) is 28.9 Å². The van der Waals surface area contributed by atoms with Gasteiger partial charge in [0.1, 0.15) is 10.1 Å². The van der Waals surface area contributed by atoms with Crippen LogP contribution in [-0.4, -0.2) is 15.9 Å². The lowest BCUT2D eigenvalue weighted by atomic mass is 9.98. The number of rotatable bonds is 1. The molecule has 0 saturated heterocycles. The smallest absolute Gasteiger partial charge is 0.318 e. The quantitative estimate of drug-likeness (QED) is 0.813. The molecule has 1 aromatic carbocycles. The number of para-hydroxylation sites is 1. The van der Waals surface area contributed by atoms with Gasteiger partial charge < -0.3 is 4.84 Å². The summed E-state index contributed by atoms with van der Waals surface area (Å²) in [7, 11) is 0. The minimum Gasteiger partial charge on any atom is -0.318 e. The van der Waals surface area contributed by atoms with E-state index in [1.807, 2.05) is 24.3 Å². The van der Waals surface area contributed by atoms with Crippen molar-refractivity contribution in [2.75, 3.05) is 0 Å². The maximum Gasteiger partial charge on any atom is 0.340 e. The fourth-order valence-corrected chi connectivity index (χ4v) is 1.77. The van der Waals surface area contributed by atoms with Gasteiger partial charge in [-0.25, -0.2) is 4.79 Å². The second-order valence-corrected chi connectivity index (χ2v) is 5.56. The van der Waals surface area contributed by atoms with Crippen molar-refractivity contribution < 1.29 is 9.63 Å². The molecular weight excluding hydrogens is 284 g/mol. The molecule has 90 valence electrons. The maximum absolute atomic E-state index is 11.8. The van der Waals surface area contributed by atoms with Crippen molar-refractivity contribution in [2.24, 2.45) is 5.41 Å². The summed E-state index contributed by atoms with van der Waals surface area (Å²) >= 11 is 3.33. The molecular formula is C12H13BrN2O2. The van der Waals surface area contributed by atoms with E-state index in [1.54, 1.807) is 20.8 Å². The van der Waals surface area contributed by atoms with E-state index in [2.05, 4.69) is 21.0 Å². The van der Waals surface area contributed by atoms with E-state index in [4.69, 9.17) is 4.84 Å². The average Bonchev–Trinajstić information content (AvgIpc) is 2.56. The molecule has 0 aliphatic rings. The summed E-state index contributed by atoms with van der Waals surface area (Å²) < 4.78 is 0.662. The predicted molar refractivity (Wildman–Crippen MR) is 68.5 cm³/mol. The number of fused-ring (bicyclic) bond motifs is 1. The molecule has 5 heteroatoms. The van der Waals surface area contributed by atoms with Gasteiger partial charge in [-0.3, -0.25) is 0 Å². The number of carbonyl (C=O) groups is 1. The number of hydrogen-bond donors (Lipinski definition) is 0. The molecule has 0 unspecified atom stereocenters. The van der Waals surface area contributed by atoms with Crippen LogP contribution >= 0.6 is 15.9 Å². The Hall–Kier alpha value is -1.36. The van der Waals surface area contributed by atoms with Crippen LogP contribution in [0.1, 0.15) is 20.8 Å². The van der Waals surface area contributed by atoms with Gasteiger partial charge in [-0.05, 0) is 48.8 Å². The lowest BCUT2D eigenvalue weighted by molar-refractivity contribution is -0.154. The van der Waals surface area contributed by atoms with Crippen molar-refractivity contribution >= 4 is 32.8 Å². The SMILES string of the molecule is CC(C)(C)C(=O)On1nc(Br)c2ccccc21. The summed E-state index contributed by atoms with van der Waals surface area (Å²) in [5.74, 6) is -0.321. The zero-order valence-corrected chi connectivity index (χ0v) is 11.5. The highest BCUT2D eigenvalue weighted by Gasteiger charge is 2.25. The first-order valence-electron chi connectivity index (χ1n) is 5.25. The summed E-state index contributed by atoms with van der Waals surface area (Å²) in [5.41, 5.74) is 0.205. The standard InChI is InChI=1S/C12H13BrN2O2/c1-12(2,3)11(16)17-15-9-7-5-4-6-8(9)10(13)14-15/h4-7H,1-3H3. The van der Waals surface area contributed by atoms with E-state index in [-0.39, 0.29) is 5.97 Å². The van der Waals surface area contributed by atoms with Gasteiger partial charge in [-0.1, -0.05) is 17.0 Å². The number of benzene rings is 1. The first-order valence-corrected chi connectivity index (χ1v) is 6.05. The highest BCUT2D eigenvalue weighted by atomic mass is 79.9. The van der Waals surface area contributed by atoms with Gasteiger partial charge in [0, 0.05) is 5.39 Å². The van der Waals surface area contributed by atoms with Crippen molar-refractivity contribution in [2.45, 2.75) is 20.8 Å². The van der Waals surface area contributed by atoms with Crippen LogP contribution in [0.2, 0.25) is 0 Å². The van der Waals surface area contributed by atoms with E-state index in [1.165, 1.54) is 4.85 Å². The van der Waals surface area contributed by atoms with Gasteiger partial charge in [0.25, 0.3) is 0 Å². The van der Waals surface area contributed by atoms with Crippen molar-refractivity contribution in [1.29, 1.82) is 0 Å². The molecule has 0 aliphatic carbocycles. The summed E-state index contributed by atoms with van der Waals surface area (Å²) in [6.45, 7) is 5.40. The number of nitrogens with zero attached hydrogens (tertiary/aromatic N) is 2. The zero-order chi connectivity index (χ0) is 12.6. The lowest BCUT2D eigenvalue weighted by Gasteiger charge is -2.15. The molecule has 0 fully saturated rings. The second-order valence-electron chi connectivity index (χ2n) is 4.81. The summed E-state index contributed by atoms with van der Waals surface area (Å²) in [6.07, 6.45) is 0. The van der Waals surface area contributed by atoms with Crippen LogP contribution in [0, 0.1) is 5.41 Å². The Balaban J connectivity index is 2.41. The first kappa shape index (κ1) is 12.1. The van der Waals surface area contributed by atoms with Crippen molar-refractivity contribution in [1.82, 2.24) is 9.94 Å². The summed E-state index contributed by atoms with van der Waals surface area (Å²) in [4.78, 5) is 18.3. The molecule has 0 amide bonds. The first-order chi connectivity index (χ1) is 7.89. The van der Waals surface area contributed by atoms with Crippen LogP contribution in [0.5, 0.6) is 0 Å². The summed E-state index contributed by atoms with van der Waals surface area (Å²) in [5, 5.41) is 5.04. The molecule has 0 bridgehead atoms. The van der Waals surface area contributed by atoms with E-state index in [0.29, 0.717) is 4.60 Å². The fourth-order valence-electron chi connectivity index (χ4n) is 1.29. The topological polar surface area (TPSA) is 44.1 Å². The molecule has 2 aromatic rings. The van der Waals surface area contributed by atoms with Crippen molar-refractivity contribution in [3.63, 3.8) is 0 Å². The van der Waals surface area contributed by atoms with Crippen LogP contribution in [0.15, 0.2) is 28.9 Å². The Bertz CT molecular complexity index is 569. The van der Waals surface area contributed by atoms with Gasteiger partial charge in [0.2, 0.25) is 0 Å². The van der Waals surface area contributed by atoms with Gasteiger partial charge >= 0.3 is 5.97 Å². The minimum absolute atomic E-state index is 0.321. The molecule has 17 heavy (non-hydrogen) atoms. The normalized spacial score (nSPS) is 11.8. The Morgan fingerprint density at radius 3 is 2.65 bits per heavy atom. The molecule has 0 spiro atoms. The molecule has 2 rings (SSSR count). The van der Waals surface area contributed by atoms with E-state index < -0.39 is 5.41 Å². The third-order valence-electron chi connectivity index (χ3n) is 2.29. The molecule has 0 saturated carbocycles. The molecule has 4 nitrogen and oxygen atoms in total. The molecule has 1 aromatic heterocycles. The van der Waals surface area contributed by atoms with Crippen LogP contribution in [-0.2, 0) is 4.79 Å². The highest BCUT2D eigenvalue weighted by molar-refractivity contribution is 9.10. The van der Waals surface area contributed by atoms with Gasteiger partial charge in [-0.2, -0.15) is 0 Å². The second kappa shape index (κ2) is 4.14. The van der Waals surface area contributed by atoms with Crippen LogP contribution < -0.4 is 4.84 Å². The van der Waals surface area contributed by atoms with Crippen LogP contribution in [0.3, 0.4) is 0 Å². The Morgan fingerprint density at radius 1 is 1.35 bits per heavy atom. The third kappa shape index (κ3) is 2.34. The highest BCUT2D eigenvalue weighted by Crippen LogP contribution is 2.23. The van der Waals surface area contributed by atoms with E-state index in [0.717, 1.165) is 10.9 Å². The monoisotopic (exact) mass is 296 g/mol. The van der Waals surface area contributed by atoms with E-state index in [9.17, 15) is 4.79 Å². The Morgan fingerprint density at radius 2 is 2.00 bits per heavy atom. The molecule has 0 atom stereocenters. The zero-order valence-electron chi connectivity index (χ0n) is 9.90. The van der Waals surface area contributed by atoms with Gasteiger partial charge in [0.05, 0.1) is 5.41 Å². The molecule has 0 aliphatic heterocycles. The fraction of sp³-hybridized carbons (Fsp3) is 0.333. The van der Waals surface area contributed by atoms with Crippen molar-refractivity contribution in [3.8, 4) is 0 Å². The molecule has 0 radical (unpaired) electrons. The van der Waals surface area contributed by atoms with E-state index >= 15 is 0 Å². The molecule has 0 N–H and O–H groups in total.